The molecule has 0 radical (unpaired) electrons. The lowest BCUT2D eigenvalue weighted by Gasteiger charge is -2.39. The first-order chi connectivity index (χ1) is 16.2. The normalized spacial score (nSPS) is 15.4. The topological polar surface area (TPSA) is 80.3 Å². The zero-order chi connectivity index (χ0) is 24.0. The van der Waals surface area contributed by atoms with Gasteiger partial charge in [-0.25, -0.2) is 13.9 Å². The van der Waals surface area contributed by atoms with Gasteiger partial charge in [-0.15, -0.1) is 0 Å². The van der Waals surface area contributed by atoms with Crippen LogP contribution in [0, 0.1) is 11.7 Å². The summed E-state index contributed by atoms with van der Waals surface area (Å²) in [5.41, 5.74) is 3.70. The second kappa shape index (κ2) is 8.23. The van der Waals surface area contributed by atoms with Crippen LogP contribution in [-0.2, 0) is 10.3 Å². The molecule has 1 amide bonds. The van der Waals surface area contributed by atoms with E-state index in [0.29, 0.717) is 13.1 Å². The SMILES string of the molecule is C[C@H](NC(=O)C1CN(c2ncnn3cc(-c4cnn(C(C)(C)C)c4)cc23)C1)c1ccc(F)cc1. The van der Waals surface area contributed by atoms with E-state index < -0.39 is 0 Å². The molecule has 1 N–H and O–H groups in total. The second-order valence-corrected chi connectivity index (χ2v) is 9.87. The van der Waals surface area contributed by atoms with Gasteiger partial charge in [0.05, 0.1) is 23.7 Å². The molecule has 1 fully saturated rings. The molecule has 1 saturated heterocycles. The maximum Gasteiger partial charge on any atom is 0.227 e. The Morgan fingerprint density at radius 1 is 1.12 bits per heavy atom. The van der Waals surface area contributed by atoms with E-state index in [-0.39, 0.29) is 29.2 Å². The van der Waals surface area contributed by atoms with Crippen LogP contribution >= 0.6 is 0 Å². The van der Waals surface area contributed by atoms with E-state index in [0.717, 1.165) is 28.0 Å². The molecule has 3 aromatic heterocycles. The van der Waals surface area contributed by atoms with Crippen molar-refractivity contribution in [1.82, 2.24) is 29.7 Å². The van der Waals surface area contributed by atoms with Crippen molar-refractivity contribution >= 4 is 17.2 Å². The molecule has 176 valence electrons. The molecule has 4 aromatic rings. The van der Waals surface area contributed by atoms with Crippen molar-refractivity contribution in [3.63, 3.8) is 0 Å². The number of nitrogens with one attached hydrogen (secondary N) is 1. The summed E-state index contributed by atoms with van der Waals surface area (Å²) in [4.78, 5) is 19.3. The summed E-state index contributed by atoms with van der Waals surface area (Å²) in [6.45, 7) is 9.40. The Labute approximate surface area is 197 Å². The van der Waals surface area contributed by atoms with Crippen molar-refractivity contribution in [3.05, 3.63) is 66.6 Å². The standard InChI is InChI=1S/C25H28FN7O/c1-16(17-5-7-21(26)8-6-17)30-24(34)20-11-31(12-20)23-22-9-18(13-32(22)29-15-27-23)19-10-28-33(14-19)25(2,3)4/h5-10,13-16,20H,11-12H2,1-4H3,(H,30,34)/t16-/m0/s1. The van der Waals surface area contributed by atoms with Gasteiger partial charge in [-0.2, -0.15) is 10.2 Å². The average Bonchev–Trinajstić information content (AvgIpc) is 3.40. The van der Waals surface area contributed by atoms with Crippen molar-refractivity contribution in [3.8, 4) is 11.1 Å². The van der Waals surface area contributed by atoms with Crippen molar-refractivity contribution < 1.29 is 9.18 Å². The van der Waals surface area contributed by atoms with Crippen LogP contribution in [0.1, 0.15) is 39.3 Å². The van der Waals surface area contributed by atoms with Gasteiger partial charge in [0.2, 0.25) is 5.91 Å². The van der Waals surface area contributed by atoms with Gasteiger partial charge in [0.25, 0.3) is 0 Å². The number of benzene rings is 1. The second-order valence-electron chi connectivity index (χ2n) is 9.87. The van der Waals surface area contributed by atoms with Crippen LogP contribution in [0.4, 0.5) is 10.2 Å². The summed E-state index contributed by atoms with van der Waals surface area (Å²) in [5.74, 6) is 0.380. The summed E-state index contributed by atoms with van der Waals surface area (Å²) in [7, 11) is 0. The van der Waals surface area contributed by atoms with Crippen LogP contribution in [0.3, 0.4) is 0 Å². The Morgan fingerprint density at radius 3 is 2.53 bits per heavy atom. The Balaban J connectivity index is 1.28. The Hall–Kier alpha value is -3.75. The highest BCUT2D eigenvalue weighted by molar-refractivity contribution is 5.84. The van der Waals surface area contributed by atoms with Crippen LogP contribution in [0.15, 0.2) is 55.2 Å². The summed E-state index contributed by atoms with van der Waals surface area (Å²) in [6.07, 6.45) is 7.40. The molecule has 5 rings (SSSR count). The number of hydrogen-bond donors (Lipinski definition) is 1. The number of carbonyl (C=O) groups excluding carboxylic acids is 1. The number of carbonyl (C=O) groups is 1. The molecular formula is C25H28FN7O. The molecule has 0 spiro atoms. The van der Waals surface area contributed by atoms with E-state index in [2.05, 4.69) is 52.2 Å². The van der Waals surface area contributed by atoms with Gasteiger partial charge in [-0.3, -0.25) is 9.48 Å². The number of anilines is 1. The van der Waals surface area contributed by atoms with Crippen molar-refractivity contribution in [1.29, 1.82) is 0 Å². The molecule has 0 bridgehead atoms. The average molecular weight is 462 g/mol. The molecule has 1 aliphatic heterocycles. The van der Waals surface area contributed by atoms with Crippen molar-refractivity contribution in [2.45, 2.75) is 39.3 Å². The van der Waals surface area contributed by atoms with Crippen LogP contribution in [0.5, 0.6) is 0 Å². The zero-order valence-electron chi connectivity index (χ0n) is 19.7. The first kappa shape index (κ1) is 22.1. The molecule has 1 atom stereocenters. The van der Waals surface area contributed by atoms with Gasteiger partial charge in [-0.1, -0.05) is 12.1 Å². The molecule has 34 heavy (non-hydrogen) atoms. The van der Waals surface area contributed by atoms with Crippen LogP contribution < -0.4 is 10.2 Å². The Morgan fingerprint density at radius 2 is 1.85 bits per heavy atom. The fourth-order valence-corrected chi connectivity index (χ4v) is 4.14. The van der Waals surface area contributed by atoms with E-state index in [9.17, 15) is 9.18 Å². The Bertz CT molecular complexity index is 1330. The fraction of sp³-hybridized carbons (Fsp3) is 0.360. The maximum atomic E-state index is 13.2. The third-order valence-electron chi connectivity index (χ3n) is 6.27. The van der Waals surface area contributed by atoms with E-state index in [1.54, 1.807) is 12.1 Å². The summed E-state index contributed by atoms with van der Waals surface area (Å²) in [6, 6.07) is 8.08. The first-order valence-corrected chi connectivity index (χ1v) is 11.4. The minimum absolute atomic E-state index is 0.0104. The third-order valence-corrected chi connectivity index (χ3v) is 6.27. The monoisotopic (exact) mass is 461 g/mol. The van der Waals surface area contributed by atoms with E-state index in [1.165, 1.54) is 18.5 Å². The Kier molecular flexibility index (Phi) is 5.34. The molecule has 0 saturated carbocycles. The number of rotatable bonds is 5. The summed E-state index contributed by atoms with van der Waals surface area (Å²) in [5, 5.41) is 11.9. The van der Waals surface area contributed by atoms with Gasteiger partial charge in [0.1, 0.15) is 17.7 Å². The van der Waals surface area contributed by atoms with Crippen molar-refractivity contribution in [2.75, 3.05) is 18.0 Å². The highest BCUT2D eigenvalue weighted by Crippen LogP contribution is 2.31. The highest BCUT2D eigenvalue weighted by Gasteiger charge is 2.35. The lowest BCUT2D eigenvalue weighted by atomic mass is 9.98. The van der Waals surface area contributed by atoms with Crippen LogP contribution in [0.2, 0.25) is 0 Å². The van der Waals surface area contributed by atoms with Crippen LogP contribution in [-0.4, -0.2) is 43.4 Å². The summed E-state index contributed by atoms with van der Waals surface area (Å²) < 4.78 is 16.9. The molecule has 9 heteroatoms. The van der Waals surface area contributed by atoms with E-state index >= 15 is 0 Å². The van der Waals surface area contributed by atoms with E-state index in [1.807, 2.05) is 34.7 Å². The fourth-order valence-electron chi connectivity index (χ4n) is 4.14. The number of fused-ring (bicyclic) bond motifs is 1. The van der Waals surface area contributed by atoms with Crippen LogP contribution in [0.25, 0.3) is 16.6 Å². The lowest BCUT2D eigenvalue weighted by Crippen LogP contribution is -2.54. The third kappa shape index (κ3) is 4.13. The smallest absolute Gasteiger partial charge is 0.227 e. The molecule has 4 heterocycles. The molecule has 0 unspecified atom stereocenters. The number of aromatic nitrogens is 5. The largest absolute Gasteiger partial charge is 0.353 e. The number of halogens is 1. The minimum Gasteiger partial charge on any atom is -0.353 e. The van der Waals surface area contributed by atoms with Gasteiger partial charge in [0.15, 0.2) is 5.82 Å². The predicted octanol–water partition coefficient (Wildman–Crippen LogP) is 3.80. The number of amides is 1. The molecular weight excluding hydrogens is 433 g/mol. The maximum absolute atomic E-state index is 13.2. The molecule has 8 nitrogen and oxygen atoms in total. The number of nitrogens with zero attached hydrogens (tertiary/aromatic N) is 6. The number of hydrogen-bond acceptors (Lipinski definition) is 5. The molecule has 0 aliphatic carbocycles. The quantitative estimate of drug-likeness (QED) is 0.489. The highest BCUT2D eigenvalue weighted by atomic mass is 19.1. The lowest BCUT2D eigenvalue weighted by molar-refractivity contribution is -0.126. The van der Waals surface area contributed by atoms with Crippen molar-refractivity contribution in [2.24, 2.45) is 5.92 Å². The van der Waals surface area contributed by atoms with Gasteiger partial charge in [0, 0.05) is 36.6 Å². The minimum atomic E-state index is -0.287. The zero-order valence-corrected chi connectivity index (χ0v) is 19.7. The van der Waals surface area contributed by atoms with Gasteiger partial charge < -0.3 is 10.2 Å². The van der Waals surface area contributed by atoms with Gasteiger partial charge in [-0.05, 0) is 51.5 Å². The molecule has 1 aliphatic rings. The summed E-state index contributed by atoms with van der Waals surface area (Å²) >= 11 is 0. The first-order valence-electron chi connectivity index (χ1n) is 11.4. The van der Waals surface area contributed by atoms with E-state index in [4.69, 9.17) is 0 Å². The molecule has 1 aromatic carbocycles. The van der Waals surface area contributed by atoms with Gasteiger partial charge >= 0.3 is 0 Å². The predicted molar refractivity (Wildman–Crippen MR) is 128 cm³/mol.